The molecule has 2 aromatic rings. The molecule has 0 aliphatic carbocycles. The molecule has 0 unspecified atom stereocenters. The summed E-state index contributed by atoms with van der Waals surface area (Å²) in [7, 11) is -2.59. The third-order valence-electron chi connectivity index (χ3n) is 5.39. The Morgan fingerprint density at radius 2 is 1.68 bits per heavy atom. The van der Waals surface area contributed by atoms with Crippen LogP contribution < -0.4 is 20.1 Å². The van der Waals surface area contributed by atoms with Gasteiger partial charge in [0.15, 0.2) is 0 Å². The fourth-order valence-electron chi connectivity index (χ4n) is 3.48. The van der Waals surface area contributed by atoms with E-state index in [4.69, 9.17) is 32.0 Å². The molecule has 1 heterocycles. The first-order valence-electron chi connectivity index (χ1n) is 10.6. The summed E-state index contributed by atoms with van der Waals surface area (Å²) >= 11 is 6.01. The number of carboxylic acids is 2. The van der Waals surface area contributed by atoms with Crippen LogP contribution in [0.3, 0.4) is 0 Å². The molecule has 0 aromatic heterocycles. The minimum atomic E-state index is -5.08. The number of nitrogens with two attached hydrogens (primary N) is 1. The third-order valence-corrected chi connectivity index (χ3v) is 7.07. The SMILES string of the molecule is COc1ccc(S(=O)(=O)Nc2ccc(N3CCC(C(N)=O)CC3)c(C(=O)O)c2)cc1Cl.O=C(O)C(F)(F)F. The monoisotopic (exact) mass is 581 g/mol. The number of aliphatic carboxylic acids is 1. The maximum absolute atomic E-state index is 12.7. The molecule has 0 spiro atoms. The van der Waals surface area contributed by atoms with Gasteiger partial charge in [0.25, 0.3) is 10.0 Å². The molecule has 11 nitrogen and oxygen atoms in total. The minimum Gasteiger partial charge on any atom is -0.495 e. The average molecular weight is 582 g/mol. The Hall–Kier alpha value is -3.72. The number of carboxylic acid groups (broad SMARTS) is 2. The Morgan fingerprint density at radius 3 is 2.13 bits per heavy atom. The van der Waals surface area contributed by atoms with Crippen LogP contribution in [0.25, 0.3) is 0 Å². The van der Waals surface area contributed by atoms with E-state index in [0.717, 1.165) is 0 Å². The van der Waals surface area contributed by atoms with E-state index in [1.807, 2.05) is 4.90 Å². The molecule has 3 rings (SSSR count). The number of halogens is 4. The van der Waals surface area contributed by atoms with Gasteiger partial charge in [-0.05, 0) is 49.2 Å². The fourth-order valence-corrected chi connectivity index (χ4v) is 4.88. The zero-order valence-corrected chi connectivity index (χ0v) is 21.2. The zero-order chi connectivity index (χ0) is 28.8. The molecule has 2 aromatic carbocycles. The Labute approximate surface area is 220 Å². The standard InChI is InChI=1S/C20H22ClN3O6S.C2HF3O2/c1-30-18-5-3-14(11-16(18)21)31(28,29)23-13-2-4-17(15(10-13)20(26)27)24-8-6-12(7-9-24)19(22)25;3-2(4,5)1(6)7/h2-5,10-12,23H,6-9H2,1H3,(H2,22,25)(H,26,27);(H,6,7). The number of piperidine rings is 1. The van der Waals surface area contributed by atoms with Crippen molar-refractivity contribution < 1.29 is 50.9 Å². The summed E-state index contributed by atoms with van der Waals surface area (Å²) in [6.45, 7) is 0.951. The van der Waals surface area contributed by atoms with Crippen LogP contribution in [-0.4, -0.2) is 62.9 Å². The van der Waals surface area contributed by atoms with Gasteiger partial charge in [-0.1, -0.05) is 11.6 Å². The summed E-state index contributed by atoms with van der Waals surface area (Å²) < 4.78 is 64.6. The first-order valence-corrected chi connectivity index (χ1v) is 12.5. The number of methoxy groups -OCH3 is 1. The number of aromatic carboxylic acids is 1. The average Bonchev–Trinajstić information content (AvgIpc) is 2.83. The van der Waals surface area contributed by atoms with Gasteiger partial charge in [0.2, 0.25) is 5.91 Å². The van der Waals surface area contributed by atoms with Gasteiger partial charge in [-0.25, -0.2) is 18.0 Å². The smallest absolute Gasteiger partial charge is 0.490 e. The number of carbonyl (C=O) groups excluding carboxylic acids is 1. The van der Waals surface area contributed by atoms with Crippen LogP contribution >= 0.6 is 11.6 Å². The molecule has 16 heteroatoms. The number of anilines is 2. The van der Waals surface area contributed by atoms with Crippen LogP contribution in [-0.2, 0) is 19.6 Å². The van der Waals surface area contributed by atoms with Gasteiger partial charge >= 0.3 is 18.1 Å². The molecule has 0 radical (unpaired) electrons. The highest BCUT2D eigenvalue weighted by molar-refractivity contribution is 7.92. The molecule has 0 saturated carbocycles. The first kappa shape index (κ1) is 30.5. The van der Waals surface area contributed by atoms with Crippen molar-refractivity contribution >= 4 is 50.8 Å². The normalized spacial score (nSPS) is 14.2. The van der Waals surface area contributed by atoms with Crippen LogP contribution in [0, 0.1) is 5.92 Å². The predicted octanol–water partition coefficient (Wildman–Crippen LogP) is 3.18. The largest absolute Gasteiger partial charge is 0.495 e. The number of nitrogens with zero attached hydrogens (tertiary/aromatic N) is 1. The summed E-state index contributed by atoms with van der Waals surface area (Å²) in [5.74, 6) is -4.21. The Balaban J connectivity index is 0.000000638. The second-order valence-corrected chi connectivity index (χ2v) is 10.00. The van der Waals surface area contributed by atoms with E-state index >= 15 is 0 Å². The molecule has 208 valence electrons. The van der Waals surface area contributed by atoms with Crippen molar-refractivity contribution in [3.05, 3.63) is 47.0 Å². The molecule has 1 aliphatic heterocycles. The number of amides is 1. The molecule has 1 saturated heterocycles. The third kappa shape index (κ3) is 7.89. The number of carbonyl (C=O) groups is 3. The number of ether oxygens (including phenoxy) is 1. The van der Waals surface area contributed by atoms with E-state index < -0.39 is 28.1 Å². The molecule has 38 heavy (non-hydrogen) atoms. The Bertz CT molecular complexity index is 1310. The number of benzene rings is 2. The van der Waals surface area contributed by atoms with Crippen molar-refractivity contribution in [3.8, 4) is 5.75 Å². The van der Waals surface area contributed by atoms with Gasteiger partial charge in [-0.2, -0.15) is 13.2 Å². The van der Waals surface area contributed by atoms with Crippen molar-refractivity contribution in [3.63, 3.8) is 0 Å². The highest BCUT2D eigenvalue weighted by Crippen LogP contribution is 2.31. The van der Waals surface area contributed by atoms with E-state index in [2.05, 4.69) is 4.72 Å². The quantitative estimate of drug-likeness (QED) is 0.382. The molecule has 1 fully saturated rings. The number of nitrogens with one attached hydrogen (secondary N) is 1. The lowest BCUT2D eigenvalue weighted by atomic mass is 9.95. The van der Waals surface area contributed by atoms with Gasteiger partial charge in [0.1, 0.15) is 5.75 Å². The lowest BCUT2D eigenvalue weighted by Gasteiger charge is -2.33. The lowest BCUT2D eigenvalue weighted by molar-refractivity contribution is -0.192. The highest BCUT2D eigenvalue weighted by atomic mass is 35.5. The first-order chi connectivity index (χ1) is 17.6. The number of rotatable bonds is 7. The van der Waals surface area contributed by atoms with Gasteiger partial charge in [-0.3, -0.25) is 9.52 Å². The molecular weight excluding hydrogens is 559 g/mol. The number of sulfonamides is 1. The molecule has 1 aliphatic rings. The number of hydrogen-bond donors (Lipinski definition) is 4. The summed E-state index contributed by atoms with van der Waals surface area (Å²) in [6.07, 6.45) is -4.03. The number of primary amides is 1. The summed E-state index contributed by atoms with van der Waals surface area (Å²) in [5.41, 5.74) is 5.85. The molecule has 1 amide bonds. The van der Waals surface area contributed by atoms with Crippen molar-refractivity contribution in [2.24, 2.45) is 11.7 Å². The van der Waals surface area contributed by atoms with Crippen LogP contribution in [0.15, 0.2) is 41.3 Å². The second kappa shape index (κ2) is 12.2. The molecular formula is C22H23ClF3N3O8S. The number of alkyl halides is 3. The van der Waals surface area contributed by atoms with Crippen LogP contribution in [0.2, 0.25) is 5.02 Å². The van der Waals surface area contributed by atoms with Crippen molar-refractivity contribution in [1.82, 2.24) is 0 Å². The minimum absolute atomic E-state index is 0.0505. The Morgan fingerprint density at radius 1 is 1.11 bits per heavy atom. The topological polar surface area (TPSA) is 176 Å². The van der Waals surface area contributed by atoms with Crippen molar-refractivity contribution in [2.45, 2.75) is 23.9 Å². The lowest BCUT2D eigenvalue weighted by Crippen LogP contribution is -2.39. The van der Waals surface area contributed by atoms with E-state index in [-0.39, 0.29) is 33.0 Å². The van der Waals surface area contributed by atoms with Gasteiger partial charge in [-0.15, -0.1) is 0 Å². The van der Waals surface area contributed by atoms with E-state index in [0.29, 0.717) is 37.4 Å². The summed E-state index contributed by atoms with van der Waals surface area (Å²) in [4.78, 5) is 33.8. The Kier molecular flexibility index (Phi) is 9.81. The maximum atomic E-state index is 12.7. The van der Waals surface area contributed by atoms with E-state index in [1.54, 1.807) is 6.07 Å². The van der Waals surface area contributed by atoms with Crippen LogP contribution in [0.1, 0.15) is 23.2 Å². The van der Waals surface area contributed by atoms with Gasteiger partial charge in [0, 0.05) is 24.7 Å². The highest BCUT2D eigenvalue weighted by Gasteiger charge is 2.38. The van der Waals surface area contributed by atoms with E-state index in [1.165, 1.54) is 37.4 Å². The summed E-state index contributed by atoms with van der Waals surface area (Å²) in [5, 5.41) is 16.9. The molecule has 5 N–H and O–H groups in total. The predicted molar refractivity (Wildman–Crippen MR) is 130 cm³/mol. The van der Waals surface area contributed by atoms with Gasteiger partial charge < -0.3 is 25.6 Å². The second-order valence-electron chi connectivity index (χ2n) is 7.91. The zero-order valence-electron chi connectivity index (χ0n) is 19.7. The van der Waals surface area contributed by atoms with Crippen LogP contribution in [0.4, 0.5) is 24.5 Å². The van der Waals surface area contributed by atoms with Crippen molar-refractivity contribution in [1.29, 1.82) is 0 Å². The number of hydrogen-bond acceptors (Lipinski definition) is 7. The molecule has 0 bridgehead atoms. The fraction of sp³-hybridized carbons (Fsp3) is 0.318. The summed E-state index contributed by atoms with van der Waals surface area (Å²) in [6, 6.07) is 8.32. The van der Waals surface area contributed by atoms with Crippen LogP contribution in [0.5, 0.6) is 5.75 Å². The van der Waals surface area contributed by atoms with Gasteiger partial charge in [0.05, 0.1) is 28.3 Å². The van der Waals surface area contributed by atoms with E-state index in [9.17, 15) is 36.3 Å². The molecule has 0 atom stereocenters. The van der Waals surface area contributed by atoms with Crippen molar-refractivity contribution in [2.75, 3.05) is 29.8 Å². The maximum Gasteiger partial charge on any atom is 0.490 e.